The van der Waals surface area contributed by atoms with E-state index in [9.17, 15) is 0 Å². The van der Waals surface area contributed by atoms with Crippen molar-refractivity contribution in [3.63, 3.8) is 0 Å². The normalized spacial score (nSPS) is 11.3. The standard InChI is InChI=1S/C16H16N2S/c1-11(2)12-6-5-7-13(10-12)18-15-9-4-3-8-14(15)17-16(18)19/h3-11H,1-2H3,(H,17,19). The van der Waals surface area contributed by atoms with Crippen molar-refractivity contribution in [2.75, 3.05) is 0 Å². The van der Waals surface area contributed by atoms with Gasteiger partial charge in [-0.15, -0.1) is 0 Å². The van der Waals surface area contributed by atoms with Crippen LogP contribution in [0.3, 0.4) is 0 Å². The van der Waals surface area contributed by atoms with E-state index < -0.39 is 0 Å². The summed E-state index contributed by atoms with van der Waals surface area (Å²) in [6, 6.07) is 16.7. The van der Waals surface area contributed by atoms with Crippen molar-refractivity contribution >= 4 is 23.3 Å². The number of rotatable bonds is 2. The molecule has 0 atom stereocenters. The third-order valence-electron chi connectivity index (χ3n) is 3.38. The molecule has 0 unspecified atom stereocenters. The minimum atomic E-state index is 0.513. The second kappa shape index (κ2) is 4.67. The van der Waals surface area contributed by atoms with Gasteiger partial charge in [0.25, 0.3) is 0 Å². The van der Waals surface area contributed by atoms with E-state index in [1.807, 2.05) is 18.2 Å². The fourth-order valence-electron chi connectivity index (χ4n) is 2.33. The number of hydrogen-bond acceptors (Lipinski definition) is 1. The molecule has 1 N–H and O–H groups in total. The minimum Gasteiger partial charge on any atom is -0.330 e. The SMILES string of the molecule is CC(C)c1cccc(-n2c(=S)[nH]c3ccccc32)c1. The van der Waals surface area contributed by atoms with Gasteiger partial charge in [-0.3, -0.25) is 4.57 Å². The molecule has 0 aliphatic heterocycles. The molecule has 0 amide bonds. The predicted molar refractivity (Wildman–Crippen MR) is 82.5 cm³/mol. The van der Waals surface area contributed by atoms with E-state index in [-0.39, 0.29) is 0 Å². The van der Waals surface area contributed by atoms with Gasteiger partial charge in [0.05, 0.1) is 11.0 Å². The third-order valence-corrected chi connectivity index (χ3v) is 3.67. The van der Waals surface area contributed by atoms with Crippen LogP contribution in [0.15, 0.2) is 48.5 Å². The zero-order valence-corrected chi connectivity index (χ0v) is 11.9. The summed E-state index contributed by atoms with van der Waals surface area (Å²) in [5.41, 5.74) is 4.63. The number of hydrogen-bond donors (Lipinski definition) is 1. The Morgan fingerprint density at radius 1 is 1.05 bits per heavy atom. The highest BCUT2D eigenvalue weighted by atomic mass is 32.1. The van der Waals surface area contributed by atoms with Gasteiger partial charge < -0.3 is 4.98 Å². The zero-order valence-electron chi connectivity index (χ0n) is 11.1. The van der Waals surface area contributed by atoms with Crippen LogP contribution in [0.1, 0.15) is 25.3 Å². The summed E-state index contributed by atoms with van der Waals surface area (Å²) in [5.74, 6) is 0.513. The number of nitrogens with zero attached hydrogens (tertiary/aromatic N) is 1. The summed E-state index contributed by atoms with van der Waals surface area (Å²) in [7, 11) is 0. The highest BCUT2D eigenvalue weighted by Gasteiger charge is 2.07. The molecule has 96 valence electrons. The van der Waals surface area contributed by atoms with Crippen molar-refractivity contribution in [3.8, 4) is 5.69 Å². The molecular weight excluding hydrogens is 252 g/mol. The number of aromatic nitrogens is 2. The molecule has 2 nitrogen and oxygen atoms in total. The van der Waals surface area contributed by atoms with Gasteiger partial charge in [0.15, 0.2) is 4.77 Å². The van der Waals surface area contributed by atoms with Gasteiger partial charge in [-0.25, -0.2) is 0 Å². The molecule has 1 heterocycles. The van der Waals surface area contributed by atoms with Crippen LogP contribution in [0.5, 0.6) is 0 Å². The van der Waals surface area contributed by atoms with Crippen LogP contribution in [-0.2, 0) is 0 Å². The Hall–Kier alpha value is -1.87. The van der Waals surface area contributed by atoms with E-state index in [4.69, 9.17) is 12.2 Å². The van der Waals surface area contributed by atoms with Crippen molar-refractivity contribution in [2.45, 2.75) is 19.8 Å². The summed E-state index contributed by atoms with van der Waals surface area (Å²) in [5, 5.41) is 0. The molecular formula is C16H16N2S. The van der Waals surface area contributed by atoms with E-state index in [0.717, 1.165) is 21.5 Å². The quantitative estimate of drug-likeness (QED) is 0.661. The monoisotopic (exact) mass is 268 g/mol. The Balaban J connectivity index is 2.27. The lowest BCUT2D eigenvalue weighted by molar-refractivity contribution is 0.863. The Labute approximate surface area is 117 Å². The molecule has 0 spiro atoms. The summed E-state index contributed by atoms with van der Waals surface area (Å²) >= 11 is 5.45. The zero-order chi connectivity index (χ0) is 13.4. The van der Waals surface area contributed by atoms with Crippen LogP contribution in [0.25, 0.3) is 16.7 Å². The lowest BCUT2D eigenvalue weighted by Gasteiger charge is -2.09. The first-order valence-electron chi connectivity index (χ1n) is 6.47. The second-order valence-electron chi connectivity index (χ2n) is 5.03. The lowest BCUT2D eigenvalue weighted by atomic mass is 10.0. The van der Waals surface area contributed by atoms with Crippen molar-refractivity contribution in [3.05, 3.63) is 58.9 Å². The smallest absolute Gasteiger partial charge is 0.182 e. The van der Waals surface area contributed by atoms with Crippen LogP contribution in [0.4, 0.5) is 0 Å². The van der Waals surface area contributed by atoms with Crippen molar-refractivity contribution in [1.82, 2.24) is 9.55 Å². The maximum absolute atomic E-state index is 5.45. The maximum Gasteiger partial charge on any atom is 0.182 e. The van der Waals surface area contributed by atoms with E-state index in [0.29, 0.717) is 5.92 Å². The fraction of sp³-hybridized carbons (Fsp3) is 0.188. The molecule has 19 heavy (non-hydrogen) atoms. The largest absolute Gasteiger partial charge is 0.330 e. The van der Waals surface area contributed by atoms with E-state index in [2.05, 4.69) is 53.7 Å². The van der Waals surface area contributed by atoms with Crippen LogP contribution >= 0.6 is 12.2 Å². The van der Waals surface area contributed by atoms with Crippen molar-refractivity contribution in [1.29, 1.82) is 0 Å². The Morgan fingerprint density at radius 3 is 2.63 bits per heavy atom. The lowest BCUT2D eigenvalue weighted by Crippen LogP contribution is -1.96. The number of para-hydroxylation sites is 2. The molecule has 2 aromatic carbocycles. The van der Waals surface area contributed by atoms with Gasteiger partial charge in [0, 0.05) is 5.69 Å². The van der Waals surface area contributed by atoms with Gasteiger partial charge in [0.2, 0.25) is 0 Å². The maximum atomic E-state index is 5.45. The number of imidazole rings is 1. The van der Waals surface area contributed by atoms with E-state index in [1.54, 1.807) is 0 Å². The average Bonchev–Trinajstić information content (AvgIpc) is 2.74. The predicted octanol–water partition coefficient (Wildman–Crippen LogP) is 4.81. The van der Waals surface area contributed by atoms with E-state index >= 15 is 0 Å². The molecule has 3 aromatic rings. The molecule has 1 aromatic heterocycles. The molecule has 0 saturated carbocycles. The highest BCUT2D eigenvalue weighted by Crippen LogP contribution is 2.22. The molecule has 3 rings (SSSR count). The fourth-order valence-corrected chi connectivity index (χ4v) is 2.65. The van der Waals surface area contributed by atoms with Gasteiger partial charge in [0.1, 0.15) is 0 Å². The van der Waals surface area contributed by atoms with Gasteiger partial charge in [-0.2, -0.15) is 0 Å². The molecule has 0 radical (unpaired) electrons. The second-order valence-corrected chi connectivity index (χ2v) is 5.42. The first-order valence-corrected chi connectivity index (χ1v) is 6.88. The minimum absolute atomic E-state index is 0.513. The molecule has 0 saturated heterocycles. The molecule has 0 fully saturated rings. The molecule has 3 heteroatoms. The number of benzene rings is 2. The summed E-state index contributed by atoms with van der Waals surface area (Å²) < 4.78 is 2.83. The Morgan fingerprint density at radius 2 is 1.84 bits per heavy atom. The summed E-state index contributed by atoms with van der Waals surface area (Å²) in [6.45, 7) is 4.40. The number of fused-ring (bicyclic) bond motifs is 1. The number of nitrogens with one attached hydrogen (secondary N) is 1. The van der Waals surface area contributed by atoms with Crippen LogP contribution in [0, 0.1) is 4.77 Å². The van der Waals surface area contributed by atoms with Crippen LogP contribution < -0.4 is 0 Å². The molecule has 0 aliphatic rings. The summed E-state index contributed by atoms with van der Waals surface area (Å²) in [6.07, 6.45) is 0. The third kappa shape index (κ3) is 2.10. The highest BCUT2D eigenvalue weighted by molar-refractivity contribution is 7.71. The van der Waals surface area contributed by atoms with Crippen molar-refractivity contribution < 1.29 is 0 Å². The van der Waals surface area contributed by atoms with Crippen LogP contribution in [0.2, 0.25) is 0 Å². The van der Waals surface area contributed by atoms with Crippen LogP contribution in [-0.4, -0.2) is 9.55 Å². The Kier molecular flexibility index (Phi) is 2.99. The summed E-state index contributed by atoms with van der Waals surface area (Å²) in [4.78, 5) is 3.25. The molecule has 0 aliphatic carbocycles. The topological polar surface area (TPSA) is 20.7 Å². The first-order chi connectivity index (χ1) is 9.16. The number of aromatic amines is 1. The van der Waals surface area contributed by atoms with Gasteiger partial charge in [-0.1, -0.05) is 38.1 Å². The molecule has 0 bridgehead atoms. The van der Waals surface area contributed by atoms with Gasteiger partial charge >= 0.3 is 0 Å². The Bertz CT molecular complexity index is 781. The van der Waals surface area contributed by atoms with Gasteiger partial charge in [-0.05, 0) is 48.0 Å². The average molecular weight is 268 g/mol. The number of H-pyrrole nitrogens is 1. The van der Waals surface area contributed by atoms with E-state index in [1.165, 1.54) is 5.56 Å². The first kappa shape index (κ1) is 12.2. The van der Waals surface area contributed by atoms with Crippen molar-refractivity contribution in [2.24, 2.45) is 0 Å².